The first-order valence-corrected chi connectivity index (χ1v) is 17.3. The molecule has 2 heterocycles. The molecule has 52 heavy (non-hydrogen) atoms. The number of para-hydroxylation sites is 1. The smallest absolute Gasteiger partial charge is 0.407 e. The number of carbonyl (C=O) groups excluding carboxylic acids is 2. The SMILES string of the molecule is CN(C(=O)O)[C@H](C(=O)Nc1ccccc1CC[C@@H]1CN[C@H](C(C)(OC(N)=O)c2cccc3ccncc23)CO1)C(c1ccccc1)c1ccccc1. The Hall–Kier alpha value is -5.78. The Morgan fingerprint density at radius 2 is 1.65 bits per heavy atom. The van der Waals surface area contributed by atoms with Gasteiger partial charge in [-0.05, 0) is 54.0 Å². The molecule has 0 spiro atoms. The Morgan fingerprint density at radius 1 is 0.981 bits per heavy atom. The summed E-state index contributed by atoms with van der Waals surface area (Å²) in [6, 6.07) is 32.7. The second kappa shape index (κ2) is 16.1. The number of nitrogens with one attached hydrogen (secondary N) is 2. The zero-order chi connectivity index (χ0) is 36.7. The molecule has 0 saturated carbocycles. The summed E-state index contributed by atoms with van der Waals surface area (Å²) in [6.45, 7) is 2.57. The highest BCUT2D eigenvalue weighted by molar-refractivity contribution is 5.98. The number of fused-ring (bicyclic) bond motifs is 1. The van der Waals surface area contributed by atoms with Gasteiger partial charge in [0.15, 0.2) is 5.60 Å². The number of morpholine rings is 1. The van der Waals surface area contributed by atoms with E-state index in [0.717, 1.165) is 37.9 Å². The number of likely N-dealkylation sites (N-methyl/N-ethyl adjacent to an activating group) is 1. The van der Waals surface area contributed by atoms with Crippen LogP contribution in [0.15, 0.2) is 122 Å². The quantitative estimate of drug-likeness (QED) is 0.118. The molecule has 1 fully saturated rings. The minimum Gasteiger partial charge on any atom is -0.465 e. The molecule has 4 atom stereocenters. The maximum atomic E-state index is 14.2. The molecule has 1 saturated heterocycles. The number of carboxylic acid groups (broad SMARTS) is 1. The molecular formula is C41H43N5O6. The lowest BCUT2D eigenvalue weighted by Crippen LogP contribution is -2.58. The van der Waals surface area contributed by atoms with E-state index in [4.69, 9.17) is 15.2 Å². The number of ether oxygens (including phenoxy) is 2. The van der Waals surface area contributed by atoms with Gasteiger partial charge in [0.25, 0.3) is 0 Å². The van der Waals surface area contributed by atoms with Crippen LogP contribution in [0.5, 0.6) is 0 Å². The molecule has 1 unspecified atom stereocenters. The van der Waals surface area contributed by atoms with Crippen LogP contribution in [0.4, 0.5) is 15.3 Å². The Labute approximate surface area is 302 Å². The number of aromatic nitrogens is 1. The number of rotatable bonds is 12. The van der Waals surface area contributed by atoms with Crippen LogP contribution < -0.4 is 16.4 Å². The van der Waals surface area contributed by atoms with Crippen molar-refractivity contribution in [3.05, 3.63) is 144 Å². The van der Waals surface area contributed by atoms with E-state index in [1.807, 2.05) is 116 Å². The molecule has 6 rings (SSSR count). The second-order valence-corrected chi connectivity index (χ2v) is 13.2. The van der Waals surface area contributed by atoms with E-state index < -0.39 is 35.7 Å². The largest absolute Gasteiger partial charge is 0.465 e. The molecule has 5 aromatic rings. The summed E-state index contributed by atoms with van der Waals surface area (Å²) in [5.41, 5.74) is 8.35. The Morgan fingerprint density at radius 3 is 2.29 bits per heavy atom. The Balaban J connectivity index is 1.17. The van der Waals surface area contributed by atoms with Crippen LogP contribution in [0.1, 0.15) is 41.5 Å². The molecular weight excluding hydrogens is 658 g/mol. The lowest BCUT2D eigenvalue weighted by molar-refractivity contribution is -0.120. The van der Waals surface area contributed by atoms with Gasteiger partial charge in [0, 0.05) is 48.5 Å². The number of benzene rings is 4. The van der Waals surface area contributed by atoms with Crippen molar-refractivity contribution in [2.45, 2.75) is 49.5 Å². The normalized spacial score (nSPS) is 17.5. The number of aryl methyl sites for hydroxylation is 1. The summed E-state index contributed by atoms with van der Waals surface area (Å²) < 4.78 is 12.2. The molecule has 3 amide bonds. The molecule has 0 aliphatic carbocycles. The summed E-state index contributed by atoms with van der Waals surface area (Å²) in [7, 11) is 1.43. The Kier molecular flexibility index (Phi) is 11.1. The molecule has 1 aliphatic heterocycles. The van der Waals surface area contributed by atoms with Gasteiger partial charge in [0.05, 0.1) is 18.8 Å². The number of amides is 3. The fraction of sp³-hybridized carbons (Fsp3) is 0.268. The minimum absolute atomic E-state index is 0.168. The van der Waals surface area contributed by atoms with E-state index in [2.05, 4.69) is 15.6 Å². The van der Waals surface area contributed by atoms with E-state index >= 15 is 0 Å². The fourth-order valence-corrected chi connectivity index (χ4v) is 7.16. The molecule has 4 aromatic carbocycles. The molecule has 5 N–H and O–H groups in total. The van der Waals surface area contributed by atoms with Crippen LogP contribution in [-0.2, 0) is 26.3 Å². The monoisotopic (exact) mass is 701 g/mol. The van der Waals surface area contributed by atoms with Gasteiger partial charge in [-0.1, -0.05) is 97.1 Å². The Bertz CT molecular complexity index is 1960. The number of nitrogens with two attached hydrogens (primary N) is 1. The topological polar surface area (TPSA) is 156 Å². The first kappa shape index (κ1) is 36.0. The van der Waals surface area contributed by atoms with Crippen molar-refractivity contribution in [1.82, 2.24) is 15.2 Å². The maximum Gasteiger partial charge on any atom is 0.407 e. The van der Waals surface area contributed by atoms with Crippen LogP contribution in [0.3, 0.4) is 0 Å². The average Bonchev–Trinajstić information content (AvgIpc) is 3.16. The first-order valence-electron chi connectivity index (χ1n) is 17.3. The molecule has 11 nitrogen and oxygen atoms in total. The van der Waals surface area contributed by atoms with Crippen LogP contribution in [0.25, 0.3) is 10.8 Å². The third-order valence-corrected chi connectivity index (χ3v) is 9.92. The number of hydrogen-bond donors (Lipinski definition) is 4. The van der Waals surface area contributed by atoms with Crippen LogP contribution >= 0.6 is 0 Å². The highest BCUT2D eigenvalue weighted by atomic mass is 16.6. The van der Waals surface area contributed by atoms with Gasteiger partial charge in [0.2, 0.25) is 5.91 Å². The van der Waals surface area contributed by atoms with Gasteiger partial charge >= 0.3 is 12.2 Å². The number of hydrogen-bond acceptors (Lipinski definition) is 7. The van der Waals surface area contributed by atoms with Crippen molar-refractivity contribution >= 4 is 34.6 Å². The van der Waals surface area contributed by atoms with E-state index in [1.54, 1.807) is 12.4 Å². The van der Waals surface area contributed by atoms with E-state index in [9.17, 15) is 19.5 Å². The summed E-state index contributed by atoms with van der Waals surface area (Å²) in [5.74, 6) is -0.995. The van der Waals surface area contributed by atoms with Gasteiger partial charge < -0.3 is 30.9 Å². The second-order valence-electron chi connectivity index (χ2n) is 13.2. The van der Waals surface area contributed by atoms with Gasteiger partial charge in [-0.25, -0.2) is 9.59 Å². The van der Waals surface area contributed by atoms with E-state index in [-0.39, 0.29) is 18.8 Å². The number of carbonyl (C=O) groups is 3. The predicted molar refractivity (Wildman–Crippen MR) is 199 cm³/mol. The third-order valence-electron chi connectivity index (χ3n) is 9.92. The van der Waals surface area contributed by atoms with Gasteiger partial charge in [-0.15, -0.1) is 0 Å². The van der Waals surface area contributed by atoms with Gasteiger partial charge in [-0.3, -0.25) is 14.7 Å². The summed E-state index contributed by atoms with van der Waals surface area (Å²) in [4.78, 5) is 44.1. The number of nitrogens with zero attached hydrogens (tertiary/aromatic N) is 2. The van der Waals surface area contributed by atoms with Gasteiger partial charge in [-0.2, -0.15) is 0 Å². The highest BCUT2D eigenvalue weighted by Crippen LogP contribution is 2.36. The lowest BCUT2D eigenvalue weighted by Gasteiger charge is -2.42. The summed E-state index contributed by atoms with van der Waals surface area (Å²) in [6.07, 6.45) is 2.42. The molecule has 0 bridgehead atoms. The molecule has 1 aliphatic rings. The van der Waals surface area contributed by atoms with Crippen molar-refractivity contribution in [2.75, 3.05) is 25.5 Å². The van der Waals surface area contributed by atoms with Crippen molar-refractivity contribution in [2.24, 2.45) is 5.73 Å². The average molecular weight is 702 g/mol. The standard InChI is InChI=1S/C41H43N5O6/c1-41(52-39(42)48,33-18-11-17-27-22-23-43-25-32(27)33)35-26-51-31(24-44-35)21-20-28-12-9-10-19-34(28)45-38(47)37(46(2)40(49)50)36(29-13-5-3-6-14-29)30-15-7-4-8-16-30/h3-19,22-23,25,31,35-37,44H,20-21,24,26H2,1-2H3,(H2,42,48)(H,45,47)(H,49,50)/t31-,35+,37+,41?/m1/s1. The predicted octanol–water partition coefficient (Wildman–Crippen LogP) is 6.28. The number of pyridine rings is 1. The zero-order valence-electron chi connectivity index (χ0n) is 29.1. The van der Waals surface area contributed by atoms with Crippen molar-refractivity contribution in [3.8, 4) is 0 Å². The summed E-state index contributed by atoms with van der Waals surface area (Å²) in [5, 5.41) is 18.5. The van der Waals surface area contributed by atoms with E-state index in [1.165, 1.54) is 7.05 Å². The molecule has 11 heteroatoms. The van der Waals surface area contributed by atoms with E-state index in [0.29, 0.717) is 25.1 Å². The fourth-order valence-electron chi connectivity index (χ4n) is 7.16. The third kappa shape index (κ3) is 7.91. The first-order chi connectivity index (χ1) is 25.2. The molecule has 268 valence electrons. The number of anilines is 1. The number of primary amides is 1. The lowest BCUT2D eigenvalue weighted by atomic mass is 9.83. The van der Waals surface area contributed by atoms with Crippen LogP contribution in [0.2, 0.25) is 0 Å². The summed E-state index contributed by atoms with van der Waals surface area (Å²) >= 11 is 0. The van der Waals surface area contributed by atoms with Crippen molar-refractivity contribution in [3.63, 3.8) is 0 Å². The van der Waals surface area contributed by atoms with Crippen LogP contribution in [-0.4, -0.2) is 71.5 Å². The maximum absolute atomic E-state index is 14.2. The van der Waals surface area contributed by atoms with Crippen molar-refractivity contribution in [1.29, 1.82) is 0 Å². The van der Waals surface area contributed by atoms with Crippen LogP contribution in [0, 0.1) is 0 Å². The van der Waals surface area contributed by atoms with Crippen molar-refractivity contribution < 1.29 is 29.0 Å². The highest BCUT2D eigenvalue weighted by Gasteiger charge is 2.43. The molecule has 0 radical (unpaired) electrons. The minimum atomic E-state index is -1.21. The zero-order valence-corrected chi connectivity index (χ0v) is 29.1. The molecule has 1 aromatic heterocycles. The van der Waals surface area contributed by atoms with Gasteiger partial charge in [0.1, 0.15) is 6.04 Å².